The first-order valence-corrected chi connectivity index (χ1v) is 8.21. The minimum atomic E-state index is -4.86. The zero-order valence-corrected chi connectivity index (χ0v) is 14.0. The highest BCUT2D eigenvalue weighted by Crippen LogP contribution is 2.34. The number of halogens is 3. The summed E-state index contributed by atoms with van der Waals surface area (Å²) in [6.07, 6.45) is -3.51. The number of ether oxygens (including phenoxy) is 1. The molecule has 1 saturated carbocycles. The van der Waals surface area contributed by atoms with Crippen LogP contribution in [0.3, 0.4) is 0 Å². The van der Waals surface area contributed by atoms with E-state index in [1.807, 2.05) is 0 Å². The predicted octanol–water partition coefficient (Wildman–Crippen LogP) is 3.83. The number of rotatable bonds is 5. The Kier molecular flexibility index (Phi) is 5.11. The molecule has 1 aliphatic rings. The van der Waals surface area contributed by atoms with E-state index in [-0.39, 0.29) is 23.1 Å². The summed E-state index contributed by atoms with van der Waals surface area (Å²) in [4.78, 5) is 23.2. The number of carboxylic acid groups (broad SMARTS) is 1. The van der Waals surface area contributed by atoms with Crippen molar-refractivity contribution in [3.05, 3.63) is 42.2 Å². The van der Waals surface area contributed by atoms with Gasteiger partial charge in [-0.2, -0.15) is 0 Å². The van der Waals surface area contributed by atoms with Gasteiger partial charge in [-0.25, -0.2) is 0 Å². The Balaban J connectivity index is 1.72. The van der Waals surface area contributed by atoms with Gasteiger partial charge in [0.2, 0.25) is 0 Å². The maximum atomic E-state index is 12.5. The van der Waals surface area contributed by atoms with Crippen LogP contribution < -0.4 is 10.1 Å². The summed E-state index contributed by atoms with van der Waals surface area (Å²) in [6.45, 7) is 0. The average Bonchev–Trinajstić information content (AvgIpc) is 3.23. The van der Waals surface area contributed by atoms with E-state index in [1.54, 1.807) is 0 Å². The van der Waals surface area contributed by atoms with Crippen LogP contribution in [0.4, 0.5) is 13.2 Å². The SMILES string of the molecule is O=C(N[C@H]1CC[C@@H](C(=O)O)C1)c1ccc(-c2ccccc2OC(F)(F)F)o1. The lowest BCUT2D eigenvalue weighted by atomic mass is 10.1. The van der Waals surface area contributed by atoms with Crippen LogP contribution in [-0.4, -0.2) is 29.4 Å². The van der Waals surface area contributed by atoms with Gasteiger partial charge in [-0.3, -0.25) is 9.59 Å². The predicted molar refractivity (Wildman–Crippen MR) is 87.1 cm³/mol. The van der Waals surface area contributed by atoms with Gasteiger partial charge in [-0.15, -0.1) is 13.2 Å². The number of amides is 1. The minimum absolute atomic E-state index is 0.0508. The third-order valence-corrected chi connectivity index (χ3v) is 4.33. The first kappa shape index (κ1) is 18.8. The highest BCUT2D eigenvalue weighted by atomic mass is 19.4. The van der Waals surface area contributed by atoms with E-state index in [0.717, 1.165) is 6.07 Å². The number of alkyl halides is 3. The van der Waals surface area contributed by atoms with Crippen molar-refractivity contribution in [1.82, 2.24) is 5.32 Å². The van der Waals surface area contributed by atoms with Gasteiger partial charge in [0.05, 0.1) is 11.5 Å². The van der Waals surface area contributed by atoms with E-state index in [0.29, 0.717) is 19.3 Å². The molecule has 6 nitrogen and oxygen atoms in total. The quantitative estimate of drug-likeness (QED) is 0.819. The summed E-state index contributed by atoms with van der Waals surface area (Å²) in [5.41, 5.74) is 0.0562. The Morgan fingerprint density at radius 1 is 1.15 bits per heavy atom. The van der Waals surface area contributed by atoms with Crippen LogP contribution in [0, 0.1) is 5.92 Å². The summed E-state index contributed by atoms with van der Waals surface area (Å²) in [6, 6.07) is 7.88. The average molecular weight is 383 g/mol. The molecule has 1 aromatic carbocycles. The molecule has 0 saturated heterocycles. The van der Waals surface area contributed by atoms with Crippen LogP contribution >= 0.6 is 0 Å². The third kappa shape index (κ3) is 4.60. The van der Waals surface area contributed by atoms with Crippen LogP contribution in [-0.2, 0) is 4.79 Å². The molecule has 3 rings (SSSR count). The standard InChI is InChI=1S/C18H16F3NO5/c19-18(20,21)27-14-4-2-1-3-12(14)13-7-8-15(26-13)16(23)22-11-6-5-10(9-11)17(24)25/h1-4,7-8,10-11H,5-6,9H2,(H,22,23)(H,24,25)/t10-,11+/m1/s1. The van der Waals surface area contributed by atoms with Crippen LogP contribution in [0.1, 0.15) is 29.8 Å². The van der Waals surface area contributed by atoms with E-state index < -0.39 is 29.9 Å². The summed E-state index contributed by atoms with van der Waals surface area (Å²) in [7, 11) is 0. The topological polar surface area (TPSA) is 88.8 Å². The zero-order chi connectivity index (χ0) is 19.6. The first-order chi connectivity index (χ1) is 12.7. The zero-order valence-electron chi connectivity index (χ0n) is 14.0. The number of aliphatic carboxylic acids is 1. The second-order valence-corrected chi connectivity index (χ2v) is 6.23. The summed E-state index contributed by atoms with van der Waals surface area (Å²) < 4.78 is 47.0. The van der Waals surface area contributed by atoms with Crippen molar-refractivity contribution < 1.29 is 37.0 Å². The number of hydrogen-bond donors (Lipinski definition) is 2. The number of benzene rings is 1. The van der Waals surface area contributed by atoms with Gasteiger partial charge in [0, 0.05) is 6.04 Å². The lowest BCUT2D eigenvalue weighted by Crippen LogP contribution is -2.33. The summed E-state index contributed by atoms with van der Waals surface area (Å²) >= 11 is 0. The number of nitrogens with one attached hydrogen (secondary N) is 1. The molecule has 2 N–H and O–H groups in total. The Bertz CT molecular complexity index is 846. The fourth-order valence-corrected chi connectivity index (χ4v) is 3.08. The van der Waals surface area contributed by atoms with Gasteiger partial charge in [0.25, 0.3) is 5.91 Å². The van der Waals surface area contributed by atoms with E-state index in [9.17, 15) is 22.8 Å². The fraction of sp³-hybridized carbons (Fsp3) is 0.333. The van der Waals surface area contributed by atoms with E-state index in [1.165, 1.54) is 30.3 Å². The number of furan rings is 1. The lowest BCUT2D eigenvalue weighted by molar-refractivity contribution is -0.274. The number of hydrogen-bond acceptors (Lipinski definition) is 4. The second kappa shape index (κ2) is 7.34. The monoisotopic (exact) mass is 383 g/mol. The Morgan fingerprint density at radius 3 is 2.56 bits per heavy atom. The Morgan fingerprint density at radius 2 is 1.89 bits per heavy atom. The van der Waals surface area contributed by atoms with Crippen molar-refractivity contribution >= 4 is 11.9 Å². The molecule has 1 heterocycles. The molecule has 1 amide bonds. The van der Waals surface area contributed by atoms with Gasteiger partial charge >= 0.3 is 12.3 Å². The minimum Gasteiger partial charge on any atom is -0.481 e. The van der Waals surface area contributed by atoms with Crippen molar-refractivity contribution in [2.45, 2.75) is 31.7 Å². The number of para-hydroxylation sites is 1. The lowest BCUT2D eigenvalue weighted by Gasteiger charge is -2.12. The highest BCUT2D eigenvalue weighted by Gasteiger charge is 2.33. The molecule has 0 radical (unpaired) electrons. The number of carbonyl (C=O) groups is 2. The van der Waals surface area contributed by atoms with Crippen molar-refractivity contribution in [3.63, 3.8) is 0 Å². The summed E-state index contributed by atoms with van der Waals surface area (Å²) in [5, 5.41) is 11.7. The number of carboxylic acids is 1. The van der Waals surface area contributed by atoms with Crippen LogP contribution in [0.5, 0.6) is 5.75 Å². The summed E-state index contributed by atoms with van der Waals surface area (Å²) in [5.74, 6) is -2.40. The molecule has 9 heteroatoms. The van der Waals surface area contributed by atoms with Crippen molar-refractivity contribution in [1.29, 1.82) is 0 Å². The molecule has 2 aromatic rings. The van der Waals surface area contributed by atoms with E-state index in [2.05, 4.69) is 10.1 Å². The Hall–Kier alpha value is -2.97. The van der Waals surface area contributed by atoms with Crippen LogP contribution in [0.15, 0.2) is 40.8 Å². The van der Waals surface area contributed by atoms with E-state index in [4.69, 9.17) is 9.52 Å². The molecule has 1 aliphatic carbocycles. The van der Waals surface area contributed by atoms with Gasteiger partial charge in [0.1, 0.15) is 11.5 Å². The van der Waals surface area contributed by atoms with E-state index >= 15 is 0 Å². The molecular weight excluding hydrogens is 367 g/mol. The van der Waals surface area contributed by atoms with Crippen molar-refractivity contribution in [2.24, 2.45) is 5.92 Å². The maximum absolute atomic E-state index is 12.5. The van der Waals surface area contributed by atoms with Gasteiger partial charge < -0.3 is 19.6 Å². The van der Waals surface area contributed by atoms with Crippen LogP contribution in [0.25, 0.3) is 11.3 Å². The van der Waals surface area contributed by atoms with Crippen molar-refractivity contribution in [2.75, 3.05) is 0 Å². The normalized spacial score (nSPS) is 19.7. The highest BCUT2D eigenvalue weighted by molar-refractivity contribution is 5.92. The van der Waals surface area contributed by atoms with Crippen LogP contribution in [0.2, 0.25) is 0 Å². The maximum Gasteiger partial charge on any atom is 0.573 e. The molecular formula is C18H16F3NO5. The third-order valence-electron chi connectivity index (χ3n) is 4.33. The fourth-order valence-electron chi connectivity index (χ4n) is 3.08. The largest absolute Gasteiger partial charge is 0.573 e. The number of carbonyl (C=O) groups excluding carboxylic acids is 1. The molecule has 0 aliphatic heterocycles. The first-order valence-electron chi connectivity index (χ1n) is 8.21. The molecule has 144 valence electrons. The van der Waals surface area contributed by atoms with Gasteiger partial charge in [0.15, 0.2) is 5.76 Å². The van der Waals surface area contributed by atoms with Gasteiger partial charge in [-0.1, -0.05) is 12.1 Å². The molecule has 1 aromatic heterocycles. The Labute approximate surface area is 151 Å². The van der Waals surface area contributed by atoms with Crippen molar-refractivity contribution in [3.8, 4) is 17.1 Å². The molecule has 27 heavy (non-hydrogen) atoms. The smallest absolute Gasteiger partial charge is 0.481 e. The molecule has 0 bridgehead atoms. The van der Waals surface area contributed by atoms with Gasteiger partial charge in [-0.05, 0) is 43.5 Å². The second-order valence-electron chi connectivity index (χ2n) is 6.23. The molecule has 0 unspecified atom stereocenters. The molecule has 0 spiro atoms. The molecule has 1 fully saturated rings. The molecule has 2 atom stereocenters.